The largest absolute Gasteiger partial charge is 0.384 e. The van der Waals surface area contributed by atoms with E-state index in [1.165, 1.54) is 30.8 Å². The normalized spacial score (nSPS) is 10.4. The Morgan fingerprint density at radius 3 is 2.50 bits per heavy atom. The van der Waals surface area contributed by atoms with Crippen LogP contribution in [0.15, 0.2) is 32.9 Å². The molecule has 0 aliphatic carbocycles. The van der Waals surface area contributed by atoms with Crippen LogP contribution < -0.4 is 17.0 Å². The summed E-state index contributed by atoms with van der Waals surface area (Å²) in [6, 6.07) is 5.82. The van der Waals surface area contributed by atoms with Gasteiger partial charge in [0, 0.05) is 28.2 Å². The number of nitrogens with two attached hydrogens (primary N) is 1. The molecule has 3 rings (SSSR count). The van der Waals surface area contributed by atoms with Crippen molar-refractivity contribution in [3.8, 4) is 0 Å². The standard InChI is InChI=1S/C16H17N5O3S.C3H7NO/c1-8-4-5-9-10(6-8)19-15(18-9)25-7-11(22)12-13(17)20(2)16(24)21(3)14(12)23;1-4(2)3-5/h4-6H,7,17H2,1-3H3,(H,18,19);3H,1-2H3. The Balaban J connectivity index is 0.000000575. The zero-order chi connectivity index (χ0) is 22.6. The number of Topliss-reactive ketones (excluding diaryl/α,β-unsaturated/α-hetero) is 1. The van der Waals surface area contributed by atoms with Gasteiger partial charge in [0.2, 0.25) is 6.41 Å². The molecular weight excluding hydrogens is 408 g/mol. The molecule has 0 aliphatic heterocycles. The summed E-state index contributed by atoms with van der Waals surface area (Å²) in [5, 5.41) is 0.578. The van der Waals surface area contributed by atoms with Crippen LogP contribution in [0.4, 0.5) is 5.82 Å². The number of hydrogen-bond acceptors (Lipinski definition) is 7. The molecule has 0 radical (unpaired) electrons. The number of imidazole rings is 1. The second kappa shape index (κ2) is 9.44. The molecular formula is C19H24N6O4S. The molecule has 11 heteroatoms. The molecule has 0 atom stereocenters. The number of fused-ring (bicyclic) bond motifs is 1. The molecule has 0 aliphatic rings. The molecule has 0 unspecified atom stereocenters. The molecule has 1 amide bonds. The number of amides is 1. The number of H-pyrrole nitrogens is 1. The van der Waals surface area contributed by atoms with E-state index >= 15 is 0 Å². The number of thioether (sulfide) groups is 1. The first kappa shape index (κ1) is 22.9. The minimum atomic E-state index is -0.688. The Labute approximate surface area is 176 Å². The molecule has 2 aromatic heterocycles. The number of nitrogens with one attached hydrogen (secondary N) is 1. The van der Waals surface area contributed by atoms with Gasteiger partial charge >= 0.3 is 5.69 Å². The van der Waals surface area contributed by atoms with Gasteiger partial charge in [-0.2, -0.15) is 0 Å². The van der Waals surface area contributed by atoms with E-state index in [-0.39, 0.29) is 17.1 Å². The quantitative estimate of drug-likeness (QED) is 0.341. The van der Waals surface area contributed by atoms with Gasteiger partial charge in [0.15, 0.2) is 10.9 Å². The summed E-state index contributed by atoms with van der Waals surface area (Å²) in [5.41, 5.74) is 7.15. The van der Waals surface area contributed by atoms with Gasteiger partial charge in [-0.3, -0.25) is 23.5 Å². The maximum absolute atomic E-state index is 12.5. The maximum atomic E-state index is 12.5. The van der Waals surface area contributed by atoms with Gasteiger partial charge in [0.05, 0.1) is 16.8 Å². The Bertz CT molecular complexity index is 1210. The summed E-state index contributed by atoms with van der Waals surface area (Å²) in [7, 11) is 6.11. The Kier molecular flexibility index (Phi) is 7.22. The Morgan fingerprint density at radius 2 is 1.90 bits per heavy atom. The predicted molar refractivity (Wildman–Crippen MR) is 117 cm³/mol. The molecule has 3 aromatic rings. The number of nitrogens with zero attached hydrogens (tertiary/aromatic N) is 4. The number of carbonyl (C=O) groups is 2. The van der Waals surface area contributed by atoms with Crippen LogP contribution in [0, 0.1) is 6.92 Å². The van der Waals surface area contributed by atoms with Crippen LogP contribution in [0.25, 0.3) is 11.0 Å². The lowest BCUT2D eigenvalue weighted by Gasteiger charge is -2.10. The van der Waals surface area contributed by atoms with Crippen LogP contribution in [0.5, 0.6) is 0 Å². The van der Waals surface area contributed by atoms with Crippen molar-refractivity contribution in [2.45, 2.75) is 12.1 Å². The van der Waals surface area contributed by atoms with Crippen molar-refractivity contribution in [3.05, 3.63) is 50.2 Å². The van der Waals surface area contributed by atoms with E-state index in [4.69, 9.17) is 5.73 Å². The molecule has 2 heterocycles. The SMILES string of the molecule is CN(C)C=O.Cc1ccc2nc(SCC(=O)c3c(N)n(C)c(=O)n(C)c3=O)[nH]c2c1. The Morgan fingerprint density at radius 1 is 1.27 bits per heavy atom. The minimum absolute atomic E-state index is 0.0174. The monoisotopic (exact) mass is 432 g/mol. The Hall–Kier alpha value is -3.34. The molecule has 160 valence electrons. The van der Waals surface area contributed by atoms with E-state index in [1.54, 1.807) is 14.1 Å². The van der Waals surface area contributed by atoms with Crippen LogP contribution in [0.2, 0.25) is 0 Å². The third-order valence-corrected chi connectivity index (χ3v) is 5.03. The third kappa shape index (κ3) is 4.98. The van der Waals surface area contributed by atoms with Crippen LogP contribution >= 0.6 is 11.8 Å². The number of benzene rings is 1. The first-order chi connectivity index (χ1) is 14.1. The van der Waals surface area contributed by atoms with E-state index in [0.29, 0.717) is 5.16 Å². The maximum Gasteiger partial charge on any atom is 0.332 e. The molecule has 10 nitrogen and oxygen atoms in total. The molecule has 0 fully saturated rings. The van der Waals surface area contributed by atoms with Gasteiger partial charge in [-0.15, -0.1) is 0 Å². The molecule has 0 saturated heterocycles. The molecule has 0 bridgehead atoms. The van der Waals surface area contributed by atoms with Gasteiger partial charge in [-0.1, -0.05) is 17.8 Å². The molecule has 0 saturated carbocycles. The number of aromatic nitrogens is 4. The summed E-state index contributed by atoms with van der Waals surface area (Å²) in [5.74, 6) is -0.592. The lowest BCUT2D eigenvalue weighted by Crippen LogP contribution is -2.41. The summed E-state index contributed by atoms with van der Waals surface area (Å²) >= 11 is 1.18. The number of aromatic amines is 1. The van der Waals surface area contributed by atoms with E-state index in [1.807, 2.05) is 25.1 Å². The smallest absolute Gasteiger partial charge is 0.332 e. The van der Waals surface area contributed by atoms with Gasteiger partial charge in [-0.05, 0) is 24.6 Å². The number of anilines is 1. The van der Waals surface area contributed by atoms with Gasteiger partial charge in [0.1, 0.15) is 11.4 Å². The highest BCUT2D eigenvalue weighted by Crippen LogP contribution is 2.21. The first-order valence-corrected chi connectivity index (χ1v) is 9.85. The van der Waals surface area contributed by atoms with Crippen molar-refractivity contribution >= 4 is 40.8 Å². The fourth-order valence-electron chi connectivity index (χ4n) is 2.50. The van der Waals surface area contributed by atoms with Gasteiger partial charge in [0.25, 0.3) is 5.56 Å². The number of ketones is 1. The minimum Gasteiger partial charge on any atom is -0.384 e. The van der Waals surface area contributed by atoms with E-state index in [9.17, 15) is 19.2 Å². The number of carbonyl (C=O) groups excluding carboxylic acids is 2. The zero-order valence-corrected chi connectivity index (χ0v) is 18.2. The van der Waals surface area contributed by atoms with Crippen molar-refractivity contribution in [1.29, 1.82) is 0 Å². The highest BCUT2D eigenvalue weighted by atomic mass is 32.2. The summed E-state index contributed by atoms with van der Waals surface area (Å²) in [6.07, 6.45) is 0.750. The highest BCUT2D eigenvalue weighted by molar-refractivity contribution is 7.99. The topological polar surface area (TPSA) is 136 Å². The fourth-order valence-corrected chi connectivity index (χ4v) is 3.25. The van der Waals surface area contributed by atoms with Crippen molar-refractivity contribution in [3.63, 3.8) is 0 Å². The van der Waals surface area contributed by atoms with Crippen LogP contribution in [0.3, 0.4) is 0 Å². The van der Waals surface area contributed by atoms with Crippen LogP contribution in [-0.4, -0.2) is 56.0 Å². The average Bonchev–Trinajstić information content (AvgIpc) is 3.11. The number of aryl methyl sites for hydroxylation is 1. The van der Waals surface area contributed by atoms with E-state index < -0.39 is 17.0 Å². The number of rotatable bonds is 5. The van der Waals surface area contributed by atoms with E-state index in [0.717, 1.165) is 32.1 Å². The second-order valence-corrected chi connectivity index (χ2v) is 7.77. The fraction of sp³-hybridized carbons (Fsp3) is 0.316. The summed E-state index contributed by atoms with van der Waals surface area (Å²) in [4.78, 5) is 54.9. The van der Waals surface area contributed by atoms with Crippen molar-refractivity contribution in [1.82, 2.24) is 24.0 Å². The summed E-state index contributed by atoms with van der Waals surface area (Å²) in [6.45, 7) is 1.98. The lowest BCUT2D eigenvalue weighted by molar-refractivity contribution is -0.115. The van der Waals surface area contributed by atoms with Gasteiger partial charge in [-0.25, -0.2) is 9.78 Å². The van der Waals surface area contributed by atoms with Crippen molar-refractivity contribution in [2.75, 3.05) is 25.6 Å². The lowest BCUT2D eigenvalue weighted by atomic mass is 10.2. The predicted octanol–water partition coefficient (Wildman–Crippen LogP) is 0.530. The number of nitrogen functional groups attached to an aromatic ring is 1. The highest BCUT2D eigenvalue weighted by Gasteiger charge is 2.20. The van der Waals surface area contributed by atoms with Crippen LogP contribution in [0.1, 0.15) is 15.9 Å². The summed E-state index contributed by atoms with van der Waals surface area (Å²) < 4.78 is 1.96. The molecule has 3 N–H and O–H groups in total. The number of hydrogen-bond donors (Lipinski definition) is 2. The van der Waals surface area contributed by atoms with Crippen LogP contribution in [-0.2, 0) is 18.9 Å². The average molecular weight is 433 g/mol. The van der Waals surface area contributed by atoms with E-state index in [2.05, 4.69) is 9.97 Å². The van der Waals surface area contributed by atoms with Crippen molar-refractivity contribution in [2.24, 2.45) is 14.1 Å². The van der Waals surface area contributed by atoms with Gasteiger partial charge < -0.3 is 15.6 Å². The zero-order valence-electron chi connectivity index (χ0n) is 17.4. The molecule has 30 heavy (non-hydrogen) atoms. The second-order valence-electron chi connectivity index (χ2n) is 6.81. The van der Waals surface area contributed by atoms with Crippen molar-refractivity contribution < 1.29 is 9.59 Å². The third-order valence-electron chi connectivity index (χ3n) is 4.16. The molecule has 1 aromatic carbocycles. The molecule has 0 spiro atoms. The first-order valence-electron chi connectivity index (χ1n) is 8.86.